The topological polar surface area (TPSA) is 84.1 Å². The number of carbonyl (C=O) groups excluding carboxylic acids is 2. The lowest BCUT2D eigenvalue weighted by Crippen LogP contribution is -2.22. The summed E-state index contributed by atoms with van der Waals surface area (Å²) < 4.78 is 4.91. The van der Waals surface area contributed by atoms with Gasteiger partial charge in [0.2, 0.25) is 0 Å². The van der Waals surface area contributed by atoms with Crippen LogP contribution in [0.4, 0.5) is 4.79 Å². The zero-order valence-electron chi connectivity index (χ0n) is 10.4. The molecule has 1 fully saturated rings. The molecule has 0 unspecified atom stereocenters. The van der Waals surface area contributed by atoms with E-state index in [-0.39, 0.29) is 17.7 Å². The molecule has 6 nitrogen and oxygen atoms in total. The number of hydrogen-bond acceptors (Lipinski definition) is 4. The van der Waals surface area contributed by atoms with Crippen molar-refractivity contribution in [2.45, 2.75) is 12.8 Å². The van der Waals surface area contributed by atoms with E-state index < -0.39 is 6.09 Å². The van der Waals surface area contributed by atoms with E-state index in [1.807, 2.05) is 0 Å². The van der Waals surface area contributed by atoms with Gasteiger partial charge in [0.15, 0.2) is 5.78 Å². The molecular weight excluding hydrogens is 246 g/mol. The van der Waals surface area contributed by atoms with Crippen molar-refractivity contribution in [2.75, 3.05) is 7.05 Å². The Morgan fingerprint density at radius 2 is 2.21 bits per heavy atom. The number of ketones is 1. The predicted molar refractivity (Wildman–Crippen MR) is 68.2 cm³/mol. The smallest absolute Gasteiger partial charge is 0.375 e. The first-order valence-electron chi connectivity index (χ1n) is 6.11. The molecule has 1 aromatic carbocycles. The minimum atomic E-state index is -0.590. The van der Waals surface area contributed by atoms with Crippen LogP contribution in [0, 0.1) is 5.92 Å². The van der Waals surface area contributed by atoms with Gasteiger partial charge >= 0.3 is 12.1 Å². The Hall–Kier alpha value is -2.37. The molecule has 3 rings (SSSR count). The molecule has 1 aliphatic rings. The molecule has 2 aromatic rings. The fraction of sp³-hybridized carbons (Fsp3) is 0.308. The number of H-pyrrole nitrogens is 1. The summed E-state index contributed by atoms with van der Waals surface area (Å²) in [6.45, 7) is 0. The monoisotopic (exact) mass is 259 g/mol. The number of carbonyl (C=O) groups is 2. The minimum Gasteiger partial charge on any atom is -0.375 e. The molecule has 0 saturated heterocycles. The van der Waals surface area contributed by atoms with Crippen molar-refractivity contribution in [1.82, 2.24) is 15.3 Å². The summed E-state index contributed by atoms with van der Waals surface area (Å²) in [5.74, 6) is 0.354. The normalized spacial score (nSPS) is 14.4. The van der Waals surface area contributed by atoms with Crippen molar-refractivity contribution in [3.05, 3.63) is 23.8 Å². The molecule has 1 saturated carbocycles. The maximum absolute atomic E-state index is 12.0. The summed E-state index contributed by atoms with van der Waals surface area (Å²) in [6, 6.07) is 5.37. The number of ether oxygens (including phenoxy) is 1. The van der Waals surface area contributed by atoms with Crippen molar-refractivity contribution < 1.29 is 14.3 Å². The molecule has 2 N–H and O–H groups in total. The minimum absolute atomic E-state index is 0.116. The molecule has 1 aliphatic carbocycles. The van der Waals surface area contributed by atoms with Crippen molar-refractivity contribution >= 4 is 22.9 Å². The highest BCUT2D eigenvalue weighted by atomic mass is 16.6. The molecule has 0 bridgehead atoms. The molecule has 0 spiro atoms. The molecule has 1 aromatic heterocycles. The third kappa shape index (κ3) is 2.29. The summed E-state index contributed by atoms with van der Waals surface area (Å²) in [5, 5.41) is 2.34. The Kier molecular flexibility index (Phi) is 2.70. The Labute approximate surface area is 109 Å². The van der Waals surface area contributed by atoms with Gasteiger partial charge in [-0.25, -0.2) is 4.79 Å². The van der Waals surface area contributed by atoms with Crippen LogP contribution in [0.3, 0.4) is 0 Å². The van der Waals surface area contributed by atoms with Crippen molar-refractivity contribution in [3.63, 3.8) is 0 Å². The predicted octanol–water partition coefficient (Wildman–Crippen LogP) is 1.87. The molecule has 1 amide bonds. The number of nitrogens with zero attached hydrogens (tertiary/aromatic N) is 1. The molecule has 0 atom stereocenters. The first kappa shape index (κ1) is 11.7. The fourth-order valence-corrected chi connectivity index (χ4v) is 1.91. The number of imidazole rings is 1. The molecule has 98 valence electrons. The Morgan fingerprint density at radius 3 is 2.89 bits per heavy atom. The summed E-state index contributed by atoms with van der Waals surface area (Å²) in [5.41, 5.74) is 2.02. The van der Waals surface area contributed by atoms with E-state index in [4.69, 9.17) is 4.74 Å². The number of rotatable bonds is 3. The maximum atomic E-state index is 12.0. The highest BCUT2D eigenvalue weighted by molar-refractivity contribution is 6.01. The van der Waals surface area contributed by atoms with Crippen LogP contribution in [0.15, 0.2) is 18.2 Å². The van der Waals surface area contributed by atoms with E-state index in [1.165, 1.54) is 7.05 Å². The Bertz CT molecular complexity index is 658. The van der Waals surface area contributed by atoms with Crippen LogP contribution in [-0.4, -0.2) is 28.9 Å². The number of hydrogen-bond donors (Lipinski definition) is 2. The second-order valence-electron chi connectivity index (χ2n) is 4.55. The number of nitrogens with one attached hydrogen (secondary N) is 2. The lowest BCUT2D eigenvalue weighted by molar-refractivity contribution is 0.0967. The van der Waals surface area contributed by atoms with E-state index in [0.717, 1.165) is 12.8 Å². The average molecular weight is 259 g/mol. The van der Waals surface area contributed by atoms with Gasteiger partial charge in [0.1, 0.15) is 0 Å². The molecule has 1 heterocycles. The Morgan fingerprint density at radius 1 is 1.42 bits per heavy atom. The van der Waals surface area contributed by atoms with Crippen LogP contribution in [0.2, 0.25) is 0 Å². The SMILES string of the molecule is CNC(=O)Oc1nc2ccc(C(=O)C3CC3)cc2[nH]1. The summed E-state index contributed by atoms with van der Waals surface area (Å²) in [6.07, 6.45) is 1.36. The number of amides is 1. The third-order valence-corrected chi connectivity index (χ3v) is 3.09. The van der Waals surface area contributed by atoms with Crippen LogP contribution in [-0.2, 0) is 0 Å². The van der Waals surface area contributed by atoms with Gasteiger partial charge in [-0.3, -0.25) is 4.79 Å². The van der Waals surface area contributed by atoms with Crippen molar-refractivity contribution in [2.24, 2.45) is 5.92 Å². The summed E-state index contributed by atoms with van der Waals surface area (Å²) in [7, 11) is 1.47. The van der Waals surface area contributed by atoms with Crippen molar-refractivity contribution in [1.29, 1.82) is 0 Å². The van der Waals surface area contributed by atoms with Gasteiger partial charge in [0, 0.05) is 18.5 Å². The van der Waals surface area contributed by atoms with Crippen molar-refractivity contribution in [3.8, 4) is 6.01 Å². The molecular formula is C13H13N3O3. The first-order chi connectivity index (χ1) is 9.17. The van der Waals surface area contributed by atoms with Gasteiger partial charge < -0.3 is 15.0 Å². The largest absolute Gasteiger partial charge is 0.414 e. The summed E-state index contributed by atoms with van der Waals surface area (Å²) in [4.78, 5) is 30.0. The average Bonchev–Trinajstić information content (AvgIpc) is 3.18. The first-order valence-corrected chi connectivity index (χ1v) is 6.11. The lowest BCUT2D eigenvalue weighted by atomic mass is 10.1. The van der Waals surface area contributed by atoms with Crippen LogP contribution >= 0.6 is 0 Å². The van der Waals surface area contributed by atoms with Gasteiger partial charge in [-0.1, -0.05) is 0 Å². The second kappa shape index (κ2) is 4.38. The molecule has 0 aliphatic heterocycles. The summed E-state index contributed by atoms with van der Waals surface area (Å²) >= 11 is 0. The molecule has 19 heavy (non-hydrogen) atoms. The van der Waals surface area contributed by atoms with Crippen LogP contribution in [0.25, 0.3) is 11.0 Å². The van der Waals surface area contributed by atoms with Gasteiger partial charge in [0.05, 0.1) is 11.0 Å². The number of benzene rings is 1. The highest BCUT2D eigenvalue weighted by Crippen LogP contribution is 2.33. The third-order valence-electron chi connectivity index (χ3n) is 3.09. The van der Waals surface area contributed by atoms with E-state index >= 15 is 0 Å². The van der Waals surface area contributed by atoms with Crippen LogP contribution in [0.1, 0.15) is 23.2 Å². The second-order valence-corrected chi connectivity index (χ2v) is 4.55. The number of fused-ring (bicyclic) bond motifs is 1. The van der Waals surface area contributed by atoms with E-state index in [2.05, 4.69) is 15.3 Å². The van der Waals surface area contributed by atoms with Gasteiger partial charge in [0.25, 0.3) is 0 Å². The van der Waals surface area contributed by atoms with Gasteiger partial charge in [-0.05, 0) is 31.0 Å². The standard InChI is InChI=1S/C13H13N3O3/c1-14-13(18)19-12-15-9-5-4-8(6-10(9)16-12)11(17)7-2-3-7/h4-7H,2-3H2,1H3,(H,14,18)(H,15,16). The maximum Gasteiger partial charge on any atom is 0.414 e. The van der Waals surface area contributed by atoms with Gasteiger partial charge in [-0.15, -0.1) is 0 Å². The van der Waals surface area contributed by atoms with E-state index in [1.54, 1.807) is 18.2 Å². The zero-order valence-corrected chi connectivity index (χ0v) is 10.4. The van der Waals surface area contributed by atoms with Gasteiger partial charge in [-0.2, -0.15) is 4.98 Å². The molecule has 6 heteroatoms. The lowest BCUT2D eigenvalue weighted by Gasteiger charge is -1.97. The highest BCUT2D eigenvalue weighted by Gasteiger charge is 2.30. The number of aromatic amines is 1. The van der Waals surface area contributed by atoms with E-state index in [9.17, 15) is 9.59 Å². The number of aromatic nitrogens is 2. The van der Waals surface area contributed by atoms with Crippen LogP contribution in [0.5, 0.6) is 6.01 Å². The Balaban J connectivity index is 1.90. The fourth-order valence-electron chi connectivity index (χ4n) is 1.91. The number of Topliss-reactive ketones (excluding diaryl/α,β-unsaturated/α-hetero) is 1. The van der Waals surface area contributed by atoms with E-state index in [0.29, 0.717) is 16.6 Å². The molecule has 0 radical (unpaired) electrons. The zero-order chi connectivity index (χ0) is 13.4. The van der Waals surface area contributed by atoms with Crippen LogP contribution < -0.4 is 10.1 Å². The quantitative estimate of drug-likeness (QED) is 0.824.